The fraction of sp³-hybridized carbons (Fsp3) is 0. The minimum Gasteiger partial charge on any atom is -0.478 e. The minimum atomic E-state index is -1.03. The molecular formula is C16H9F2NO2S. The average Bonchev–Trinajstić information content (AvgIpc) is 2.99. The van der Waals surface area contributed by atoms with Gasteiger partial charge in [0, 0.05) is 16.5 Å². The Morgan fingerprint density at radius 2 is 1.95 bits per heavy atom. The SMILES string of the molecule is O=C(O)c1cccc(-c2nc(-c3cc(F)ccc3F)cs2)c1. The Kier molecular flexibility index (Phi) is 3.68. The Morgan fingerprint density at radius 1 is 1.14 bits per heavy atom. The molecule has 1 heterocycles. The van der Waals surface area contributed by atoms with Crippen molar-refractivity contribution in [2.45, 2.75) is 0 Å². The van der Waals surface area contributed by atoms with Gasteiger partial charge in [0.1, 0.15) is 16.6 Å². The number of benzene rings is 2. The van der Waals surface area contributed by atoms with E-state index in [1.165, 1.54) is 23.5 Å². The van der Waals surface area contributed by atoms with Gasteiger partial charge in [-0.15, -0.1) is 11.3 Å². The largest absolute Gasteiger partial charge is 0.478 e. The zero-order valence-corrected chi connectivity index (χ0v) is 11.9. The molecule has 0 unspecified atom stereocenters. The molecular weight excluding hydrogens is 308 g/mol. The molecule has 0 amide bonds. The van der Waals surface area contributed by atoms with Crippen molar-refractivity contribution in [3.05, 3.63) is 65.0 Å². The summed E-state index contributed by atoms with van der Waals surface area (Å²) < 4.78 is 27.0. The number of carboxylic acid groups (broad SMARTS) is 1. The third-order valence-corrected chi connectivity index (χ3v) is 3.96. The smallest absolute Gasteiger partial charge is 0.335 e. The van der Waals surface area contributed by atoms with E-state index in [9.17, 15) is 13.6 Å². The maximum atomic E-state index is 13.8. The van der Waals surface area contributed by atoms with Crippen molar-refractivity contribution in [1.82, 2.24) is 4.98 Å². The highest BCUT2D eigenvalue weighted by molar-refractivity contribution is 7.13. The van der Waals surface area contributed by atoms with Crippen LogP contribution in [0.4, 0.5) is 8.78 Å². The van der Waals surface area contributed by atoms with Crippen molar-refractivity contribution in [1.29, 1.82) is 0 Å². The summed E-state index contributed by atoms with van der Waals surface area (Å²) in [5.41, 5.74) is 1.16. The molecule has 2 aromatic carbocycles. The minimum absolute atomic E-state index is 0.0805. The average molecular weight is 317 g/mol. The summed E-state index contributed by atoms with van der Waals surface area (Å²) in [6.45, 7) is 0. The molecule has 0 aliphatic rings. The summed E-state index contributed by atoms with van der Waals surface area (Å²) in [6.07, 6.45) is 0. The Morgan fingerprint density at radius 3 is 2.73 bits per heavy atom. The number of nitrogens with zero attached hydrogens (tertiary/aromatic N) is 1. The number of aromatic nitrogens is 1. The molecule has 3 rings (SSSR count). The van der Waals surface area contributed by atoms with Crippen LogP contribution in [0.25, 0.3) is 21.8 Å². The second kappa shape index (κ2) is 5.65. The van der Waals surface area contributed by atoms with Crippen LogP contribution in [0, 0.1) is 11.6 Å². The fourth-order valence-electron chi connectivity index (χ4n) is 2.01. The van der Waals surface area contributed by atoms with Crippen LogP contribution in [0.2, 0.25) is 0 Å². The van der Waals surface area contributed by atoms with E-state index in [0.717, 1.165) is 18.2 Å². The van der Waals surface area contributed by atoms with E-state index in [1.807, 2.05) is 0 Å². The Balaban J connectivity index is 2.02. The molecule has 0 radical (unpaired) electrons. The summed E-state index contributed by atoms with van der Waals surface area (Å²) >= 11 is 1.24. The summed E-state index contributed by atoms with van der Waals surface area (Å²) in [6, 6.07) is 9.48. The van der Waals surface area contributed by atoms with Crippen molar-refractivity contribution in [2.75, 3.05) is 0 Å². The zero-order chi connectivity index (χ0) is 15.7. The fourth-order valence-corrected chi connectivity index (χ4v) is 2.83. The standard InChI is InChI=1S/C16H9F2NO2S/c17-11-4-5-13(18)12(7-11)14-8-22-15(19-14)9-2-1-3-10(6-9)16(20)21/h1-8H,(H,20,21). The van der Waals surface area contributed by atoms with Crippen LogP contribution in [0.15, 0.2) is 47.8 Å². The number of hydrogen-bond donors (Lipinski definition) is 1. The monoisotopic (exact) mass is 317 g/mol. The van der Waals surface area contributed by atoms with Crippen LogP contribution >= 0.6 is 11.3 Å². The van der Waals surface area contributed by atoms with Gasteiger partial charge in [0.15, 0.2) is 0 Å². The summed E-state index contributed by atoms with van der Waals surface area (Å²) in [4.78, 5) is 15.3. The van der Waals surface area contributed by atoms with E-state index in [1.54, 1.807) is 17.5 Å². The Bertz CT molecular complexity index is 861. The van der Waals surface area contributed by atoms with Crippen molar-refractivity contribution < 1.29 is 18.7 Å². The third-order valence-electron chi connectivity index (χ3n) is 3.07. The van der Waals surface area contributed by atoms with Crippen LogP contribution in [-0.2, 0) is 0 Å². The lowest BCUT2D eigenvalue weighted by atomic mass is 10.1. The topological polar surface area (TPSA) is 50.2 Å². The summed E-state index contributed by atoms with van der Waals surface area (Å²) in [7, 11) is 0. The highest BCUT2D eigenvalue weighted by Crippen LogP contribution is 2.30. The second-order valence-corrected chi connectivity index (χ2v) is 5.41. The first kappa shape index (κ1) is 14.3. The zero-order valence-electron chi connectivity index (χ0n) is 11.1. The van der Waals surface area contributed by atoms with E-state index in [-0.39, 0.29) is 11.1 Å². The van der Waals surface area contributed by atoms with Crippen molar-refractivity contribution in [3.8, 4) is 21.8 Å². The molecule has 3 nitrogen and oxygen atoms in total. The number of hydrogen-bond acceptors (Lipinski definition) is 3. The molecule has 0 bridgehead atoms. The predicted molar refractivity (Wildman–Crippen MR) is 79.9 cm³/mol. The van der Waals surface area contributed by atoms with E-state index in [0.29, 0.717) is 16.3 Å². The molecule has 0 aliphatic carbocycles. The molecule has 22 heavy (non-hydrogen) atoms. The van der Waals surface area contributed by atoms with Gasteiger partial charge in [-0.1, -0.05) is 12.1 Å². The molecule has 0 fully saturated rings. The van der Waals surface area contributed by atoms with Crippen molar-refractivity contribution in [3.63, 3.8) is 0 Å². The molecule has 3 aromatic rings. The summed E-state index contributed by atoms with van der Waals surface area (Å²) in [5.74, 6) is -2.13. The van der Waals surface area contributed by atoms with Gasteiger partial charge < -0.3 is 5.11 Å². The lowest BCUT2D eigenvalue weighted by Crippen LogP contribution is -1.95. The normalized spacial score (nSPS) is 10.6. The van der Waals surface area contributed by atoms with E-state index in [4.69, 9.17) is 5.11 Å². The number of thiazole rings is 1. The van der Waals surface area contributed by atoms with Gasteiger partial charge in [0.2, 0.25) is 0 Å². The maximum absolute atomic E-state index is 13.8. The highest BCUT2D eigenvalue weighted by Gasteiger charge is 2.12. The molecule has 1 aromatic heterocycles. The second-order valence-electron chi connectivity index (χ2n) is 4.55. The number of halogens is 2. The van der Waals surface area contributed by atoms with Gasteiger partial charge in [0.25, 0.3) is 0 Å². The van der Waals surface area contributed by atoms with Gasteiger partial charge in [-0.2, -0.15) is 0 Å². The van der Waals surface area contributed by atoms with Gasteiger partial charge >= 0.3 is 5.97 Å². The van der Waals surface area contributed by atoms with E-state index < -0.39 is 17.6 Å². The number of carboxylic acids is 1. The number of rotatable bonds is 3. The molecule has 0 atom stereocenters. The van der Waals surface area contributed by atoms with Crippen molar-refractivity contribution in [2.24, 2.45) is 0 Å². The third kappa shape index (κ3) is 2.73. The first-order valence-electron chi connectivity index (χ1n) is 6.29. The molecule has 0 spiro atoms. The lowest BCUT2D eigenvalue weighted by molar-refractivity contribution is 0.0697. The molecule has 0 aliphatic heterocycles. The Hall–Kier alpha value is -2.60. The quantitative estimate of drug-likeness (QED) is 0.776. The van der Waals surface area contributed by atoms with Gasteiger partial charge in [-0.25, -0.2) is 18.6 Å². The van der Waals surface area contributed by atoms with Crippen LogP contribution < -0.4 is 0 Å². The molecule has 0 saturated carbocycles. The highest BCUT2D eigenvalue weighted by atomic mass is 32.1. The van der Waals surface area contributed by atoms with Gasteiger partial charge in [-0.05, 0) is 30.3 Å². The molecule has 110 valence electrons. The maximum Gasteiger partial charge on any atom is 0.335 e. The lowest BCUT2D eigenvalue weighted by Gasteiger charge is -2.00. The van der Waals surface area contributed by atoms with Crippen LogP contribution in [0.3, 0.4) is 0 Å². The van der Waals surface area contributed by atoms with Crippen LogP contribution in [0.5, 0.6) is 0 Å². The van der Waals surface area contributed by atoms with Crippen LogP contribution in [-0.4, -0.2) is 16.1 Å². The summed E-state index contributed by atoms with van der Waals surface area (Å²) in [5, 5.41) is 11.2. The number of carbonyl (C=O) groups is 1. The molecule has 6 heteroatoms. The van der Waals surface area contributed by atoms with Gasteiger partial charge in [0.05, 0.1) is 11.3 Å². The number of aromatic carboxylic acids is 1. The first-order chi connectivity index (χ1) is 10.5. The first-order valence-corrected chi connectivity index (χ1v) is 7.17. The molecule has 1 N–H and O–H groups in total. The van der Waals surface area contributed by atoms with Crippen molar-refractivity contribution >= 4 is 17.3 Å². The van der Waals surface area contributed by atoms with Crippen LogP contribution in [0.1, 0.15) is 10.4 Å². The van der Waals surface area contributed by atoms with E-state index >= 15 is 0 Å². The van der Waals surface area contributed by atoms with Gasteiger partial charge in [-0.3, -0.25) is 0 Å². The van der Waals surface area contributed by atoms with E-state index in [2.05, 4.69) is 4.98 Å². The predicted octanol–water partition coefficient (Wildman–Crippen LogP) is 4.45. The Labute approximate surface area is 128 Å². The molecule has 0 saturated heterocycles.